The summed E-state index contributed by atoms with van der Waals surface area (Å²) in [5, 5.41) is 8.95. The molecule has 2 aromatic carbocycles. The lowest BCUT2D eigenvalue weighted by molar-refractivity contribution is 0.0999. The first-order valence-electron chi connectivity index (χ1n) is 5.57. The Labute approximate surface area is 118 Å². The number of aliphatic hydroxyl groups excluding tert-OH is 1. The molecule has 0 saturated carbocycles. The van der Waals surface area contributed by atoms with Gasteiger partial charge in [0, 0.05) is 4.47 Å². The highest BCUT2D eigenvalue weighted by Crippen LogP contribution is 2.27. The number of carbonyl (C=O) groups is 1. The summed E-state index contributed by atoms with van der Waals surface area (Å²) in [4.78, 5) is 11.1. The van der Waals surface area contributed by atoms with Gasteiger partial charge in [-0.25, -0.2) is 0 Å². The second-order valence-corrected chi connectivity index (χ2v) is 4.76. The van der Waals surface area contributed by atoms with Gasteiger partial charge in [-0.15, -0.1) is 0 Å². The Bertz CT molecular complexity index is 596. The van der Waals surface area contributed by atoms with Gasteiger partial charge < -0.3 is 15.6 Å². The van der Waals surface area contributed by atoms with Gasteiger partial charge in [0.15, 0.2) is 0 Å². The summed E-state index contributed by atoms with van der Waals surface area (Å²) in [5.41, 5.74) is 6.44. The maximum Gasteiger partial charge on any atom is 0.249 e. The topological polar surface area (TPSA) is 72.6 Å². The minimum atomic E-state index is -0.495. The molecule has 2 rings (SSSR count). The van der Waals surface area contributed by atoms with Crippen LogP contribution in [0, 0.1) is 0 Å². The highest BCUT2D eigenvalue weighted by Gasteiger charge is 2.07. The van der Waals surface area contributed by atoms with Gasteiger partial charge in [-0.3, -0.25) is 4.79 Å². The van der Waals surface area contributed by atoms with Gasteiger partial charge in [0.25, 0.3) is 0 Å². The molecule has 2 aromatic rings. The van der Waals surface area contributed by atoms with E-state index in [9.17, 15) is 4.79 Å². The molecule has 0 aromatic heterocycles. The van der Waals surface area contributed by atoms with E-state index in [-0.39, 0.29) is 6.61 Å². The zero-order valence-electron chi connectivity index (χ0n) is 9.97. The van der Waals surface area contributed by atoms with Crippen LogP contribution in [0.3, 0.4) is 0 Å². The number of aliphatic hydroxyl groups is 1. The lowest BCUT2D eigenvalue weighted by Crippen LogP contribution is -2.11. The van der Waals surface area contributed by atoms with Crippen LogP contribution < -0.4 is 10.5 Å². The minimum absolute atomic E-state index is 0.000856. The van der Waals surface area contributed by atoms with Crippen LogP contribution in [-0.2, 0) is 6.61 Å². The number of benzene rings is 2. The summed E-state index contributed by atoms with van der Waals surface area (Å²) in [6.07, 6.45) is 0. The number of halogens is 1. The van der Waals surface area contributed by atoms with Crippen molar-refractivity contribution in [3.8, 4) is 11.5 Å². The molecular weight excluding hydrogens is 310 g/mol. The molecule has 1 amide bonds. The molecule has 19 heavy (non-hydrogen) atoms. The van der Waals surface area contributed by atoms with Gasteiger partial charge in [-0.1, -0.05) is 12.1 Å². The molecule has 0 radical (unpaired) electrons. The average molecular weight is 322 g/mol. The van der Waals surface area contributed by atoms with E-state index < -0.39 is 5.91 Å². The Morgan fingerprint density at radius 1 is 1.16 bits per heavy atom. The molecule has 3 N–H and O–H groups in total. The molecule has 0 aliphatic heterocycles. The smallest absolute Gasteiger partial charge is 0.249 e. The number of amides is 1. The molecule has 0 unspecified atom stereocenters. The van der Waals surface area contributed by atoms with E-state index in [1.54, 1.807) is 42.5 Å². The zero-order valence-corrected chi connectivity index (χ0v) is 11.6. The van der Waals surface area contributed by atoms with Gasteiger partial charge in [-0.2, -0.15) is 0 Å². The van der Waals surface area contributed by atoms with Gasteiger partial charge in [0.2, 0.25) is 5.91 Å². The molecule has 0 bridgehead atoms. The van der Waals surface area contributed by atoms with Crippen molar-refractivity contribution < 1.29 is 14.6 Å². The lowest BCUT2D eigenvalue weighted by Gasteiger charge is -2.08. The third kappa shape index (κ3) is 3.33. The molecule has 0 spiro atoms. The van der Waals surface area contributed by atoms with E-state index in [0.29, 0.717) is 21.5 Å². The maximum atomic E-state index is 11.1. The molecule has 0 aliphatic carbocycles. The summed E-state index contributed by atoms with van der Waals surface area (Å²) >= 11 is 3.27. The van der Waals surface area contributed by atoms with Crippen molar-refractivity contribution in [1.82, 2.24) is 0 Å². The van der Waals surface area contributed by atoms with Crippen molar-refractivity contribution in [3.05, 3.63) is 58.1 Å². The molecular formula is C14H12BrNO3. The van der Waals surface area contributed by atoms with E-state index in [1.165, 1.54) is 0 Å². The summed E-state index contributed by atoms with van der Waals surface area (Å²) in [6.45, 7) is -0.000856. The Morgan fingerprint density at radius 3 is 2.32 bits per heavy atom. The second-order valence-electron chi connectivity index (χ2n) is 3.91. The van der Waals surface area contributed by atoms with Crippen molar-refractivity contribution >= 4 is 21.8 Å². The molecule has 98 valence electrons. The Hall–Kier alpha value is -1.85. The standard InChI is InChI=1S/C14H12BrNO3/c15-13-7-11(5-6-12(13)14(16)18)19-10-3-1-9(8-17)2-4-10/h1-7,17H,8H2,(H2,16,18). The molecule has 0 aliphatic rings. The number of nitrogens with two attached hydrogens (primary N) is 1. The van der Waals surface area contributed by atoms with Crippen LogP contribution in [0.5, 0.6) is 11.5 Å². The molecule has 5 heteroatoms. The Balaban J connectivity index is 2.18. The van der Waals surface area contributed by atoms with Crippen molar-refractivity contribution in [3.63, 3.8) is 0 Å². The fourth-order valence-corrected chi connectivity index (χ4v) is 2.11. The number of hydrogen-bond donors (Lipinski definition) is 2. The van der Waals surface area contributed by atoms with Crippen LogP contribution in [-0.4, -0.2) is 11.0 Å². The van der Waals surface area contributed by atoms with Crippen molar-refractivity contribution in [2.45, 2.75) is 6.61 Å². The first-order chi connectivity index (χ1) is 9.10. The third-order valence-electron chi connectivity index (χ3n) is 2.55. The van der Waals surface area contributed by atoms with Crippen molar-refractivity contribution in [2.75, 3.05) is 0 Å². The highest BCUT2D eigenvalue weighted by molar-refractivity contribution is 9.10. The third-order valence-corrected chi connectivity index (χ3v) is 3.20. The van der Waals surface area contributed by atoms with Gasteiger partial charge in [0.05, 0.1) is 12.2 Å². The SMILES string of the molecule is NC(=O)c1ccc(Oc2ccc(CO)cc2)cc1Br. The summed E-state index contributed by atoms with van der Waals surface area (Å²) in [6, 6.07) is 12.0. The molecule has 4 nitrogen and oxygen atoms in total. The number of ether oxygens (including phenoxy) is 1. The van der Waals surface area contributed by atoms with E-state index >= 15 is 0 Å². The van der Waals surface area contributed by atoms with Crippen LogP contribution >= 0.6 is 15.9 Å². The van der Waals surface area contributed by atoms with E-state index in [0.717, 1.165) is 5.56 Å². The van der Waals surface area contributed by atoms with Gasteiger partial charge in [0.1, 0.15) is 11.5 Å². The number of rotatable bonds is 4. The maximum absolute atomic E-state index is 11.1. The van der Waals surface area contributed by atoms with Gasteiger partial charge in [-0.05, 0) is 51.8 Å². The number of hydrogen-bond acceptors (Lipinski definition) is 3. The second kappa shape index (κ2) is 5.86. The molecule has 0 saturated heterocycles. The zero-order chi connectivity index (χ0) is 13.8. The molecule has 0 atom stereocenters. The van der Waals surface area contributed by atoms with Gasteiger partial charge >= 0.3 is 0 Å². The van der Waals surface area contributed by atoms with E-state index in [2.05, 4.69) is 15.9 Å². The predicted molar refractivity (Wildman–Crippen MR) is 75.1 cm³/mol. The fraction of sp³-hybridized carbons (Fsp3) is 0.0714. The Kier molecular flexibility index (Phi) is 4.19. The van der Waals surface area contributed by atoms with Crippen molar-refractivity contribution in [2.24, 2.45) is 5.73 Å². The monoisotopic (exact) mass is 321 g/mol. The molecule has 0 fully saturated rings. The van der Waals surface area contributed by atoms with E-state index in [1.807, 2.05) is 0 Å². The quantitative estimate of drug-likeness (QED) is 0.909. The molecule has 0 heterocycles. The Morgan fingerprint density at radius 2 is 1.79 bits per heavy atom. The van der Waals surface area contributed by atoms with Crippen LogP contribution in [0.25, 0.3) is 0 Å². The van der Waals surface area contributed by atoms with Crippen molar-refractivity contribution in [1.29, 1.82) is 0 Å². The predicted octanol–water partition coefficient (Wildman–Crippen LogP) is 2.83. The van der Waals surface area contributed by atoms with Crippen LogP contribution in [0.1, 0.15) is 15.9 Å². The highest BCUT2D eigenvalue weighted by atomic mass is 79.9. The fourth-order valence-electron chi connectivity index (χ4n) is 1.56. The lowest BCUT2D eigenvalue weighted by atomic mass is 10.2. The van der Waals surface area contributed by atoms with E-state index in [4.69, 9.17) is 15.6 Å². The van der Waals surface area contributed by atoms with Crippen LogP contribution in [0.4, 0.5) is 0 Å². The first-order valence-corrected chi connectivity index (χ1v) is 6.36. The number of carbonyl (C=O) groups excluding carboxylic acids is 1. The normalized spacial score (nSPS) is 10.2. The first kappa shape index (κ1) is 13.6. The summed E-state index contributed by atoms with van der Waals surface area (Å²) < 4.78 is 6.22. The minimum Gasteiger partial charge on any atom is -0.457 e. The number of primary amides is 1. The average Bonchev–Trinajstić information content (AvgIpc) is 2.39. The summed E-state index contributed by atoms with van der Waals surface area (Å²) in [7, 11) is 0. The largest absolute Gasteiger partial charge is 0.457 e. The van der Waals surface area contributed by atoms with Crippen LogP contribution in [0.15, 0.2) is 46.9 Å². The summed E-state index contributed by atoms with van der Waals surface area (Å²) in [5.74, 6) is 0.746. The van der Waals surface area contributed by atoms with Crippen LogP contribution in [0.2, 0.25) is 0 Å².